The fourth-order valence-corrected chi connectivity index (χ4v) is 8.12. The van der Waals surface area contributed by atoms with Gasteiger partial charge in [-0.2, -0.15) is 5.10 Å². The molecule has 0 bridgehead atoms. The van der Waals surface area contributed by atoms with Crippen molar-refractivity contribution in [2.75, 3.05) is 0 Å². The number of rotatable bonds is 2. The van der Waals surface area contributed by atoms with Crippen molar-refractivity contribution >= 4 is 23.0 Å². The standard InChI is InChI=1S/C23H37N3OS/c1-13-11-19-17-6-5-15-12-16(27)7-9-22(15,3)18(17)8-10-23(19,4)20(13)14(2)25-26-21(24)28/h15-19,27H,5-12H2,1-4H3,(H3,24,26,28)/b25-14+/t15-,16-,17-,18-,19-,22-,23+/m0/s1. The average Bonchev–Trinajstić information content (AvgIpc) is 2.90. The highest BCUT2D eigenvalue weighted by molar-refractivity contribution is 7.80. The lowest BCUT2D eigenvalue weighted by atomic mass is 9.44. The first kappa shape index (κ1) is 20.3. The Bertz CT molecular complexity index is 731. The van der Waals surface area contributed by atoms with Crippen LogP contribution in [-0.2, 0) is 0 Å². The van der Waals surface area contributed by atoms with E-state index in [1.54, 1.807) is 0 Å². The van der Waals surface area contributed by atoms with E-state index in [4.69, 9.17) is 18.0 Å². The van der Waals surface area contributed by atoms with Gasteiger partial charge in [0.2, 0.25) is 0 Å². The molecule has 0 aromatic heterocycles. The van der Waals surface area contributed by atoms with Crippen LogP contribution in [-0.4, -0.2) is 22.0 Å². The van der Waals surface area contributed by atoms with Gasteiger partial charge in [-0.15, -0.1) is 0 Å². The molecule has 0 unspecified atom stereocenters. The molecule has 0 saturated heterocycles. The van der Waals surface area contributed by atoms with E-state index in [1.165, 1.54) is 49.7 Å². The third kappa shape index (κ3) is 3.04. The Kier molecular flexibility index (Phi) is 5.15. The number of hydrogen-bond acceptors (Lipinski definition) is 3. The summed E-state index contributed by atoms with van der Waals surface area (Å²) in [6.45, 7) is 9.44. The van der Waals surface area contributed by atoms with Gasteiger partial charge in [0, 0.05) is 0 Å². The molecule has 156 valence electrons. The van der Waals surface area contributed by atoms with Crippen LogP contribution >= 0.6 is 12.2 Å². The smallest absolute Gasteiger partial charge is 0.184 e. The molecule has 28 heavy (non-hydrogen) atoms. The molecule has 7 atom stereocenters. The molecular weight excluding hydrogens is 366 g/mol. The maximum absolute atomic E-state index is 10.2. The lowest BCUT2D eigenvalue weighted by Crippen LogP contribution is -2.53. The summed E-state index contributed by atoms with van der Waals surface area (Å²) in [6.07, 6.45) is 9.57. The molecule has 3 saturated carbocycles. The molecule has 4 aliphatic rings. The Balaban J connectivity index is 1.61. The maximum Gasteiger partial charge on any atom is 0.184 e. The van der Waals surface area contributed by atoms with Crippen molar-refractivity contribution in [1.29, 1.82) is 0 Å². The molecule has 0 aromatic carbocycles. The van der Waals surface area contributed by atoms with E-state index >= 15 is 0 Å². The lowest BCUT2D eigenvalue weighted by Gasteiger charge is -2.60. The molecule has 0 aromatic rings. The van der Waals surface area contributed by atoms with Crippen LogP contribution in [0.25, 0.3) is 0 Å². The quantitative estimate of drug-likeness (QED) is 0.360. The van der Waals surface area contributed by atoms with Gasteiger partial charge < -0.3 is 10.8 Å². The summed E-state index contributed by atoms with van der Waals surface area (Å²) in [5.74, 6) is 3.06. The van der Waals surface area contributed by atoms with Gasteiger partial charge in [-0.1, -0.05) is 19.4 Å². The molecular formula is C23H37N3OS. The predicted octanol–water partition coefficient (Wildman–Crippen LogP) is 4.53. The van der Waals surface area contributed by atoms with Crippen molar-refractivity contribution in [1.82, 2.24) is 5.43 Å². The number of hydrazone groups is 1. The fourth-order valence-electron chi connectivity index (χ4n) is 8.08. The van der Waals surface area contributed by atoms with Crippen molar-refractivity contribution < 1.29 is 5.11 Å². The first-order chi connectivity index (χ1) is 13.2. The summed E-state index contributed by atoms with van der Waals surface area (Å²) in [5, 5.41) is 15.0. The van der Waals surface area contributed by atoms with Crippen molar-refractivity contribution in [3.8, 4) is 0 Å². The van der Waals surface area contributed by atoms with Gasteiger partial charge in [0.1, 0.15) is 0 Å². The summed E-state index contributed by atoms with van der Waals surface area (Å²) < 4.78 is 0. The van der Waals surface area contributed by atoms with Crippen molar-refractivity contribution in [3.63, 3.8) is 0 Å². The van der Waals surface area contributed by atoms with E-state index < -0.39 is 0 Å². The van der Waals surface area contributed by atoms with Crippen LogP contribution in [0, 0.1) is 34.5 Å². The minimum absolute atomic E-state index is 0.0644. The minimum atomic E-state index is -0.0644. The number of nitrogens with two attached hydrogens (primary N) is 1. The van der Waals surface area contributed by atoms with Gasteiger partial charge in [0.25, 0.3) is 0 Å². The molecule has 4 nitrogen and oxygen atoms in total. The molecule has 3 fully saturated rings. The number of aliphatic hydroxyl groups excluding tert-OH is 1. The summed E-state index contributed by atoms with van der Waals surface area (Å²) in [6, 6.07) is 0. The number of fused-ring (bicyclic) bond motifs is 5. The largest absolute Gasteiger partial charge is 0.393 e. The Morgan fingerprint density at radius 1 is 1.18 bits per heavy atom. The van der Waals surface area contributed by atoms with Crippen LogP contribution in [0.3, 0.4) is 0 Å². The first-order valence-electron chi connectivity index (χ1n) is 11.1. The van der Waals surface area contributed by atoms with Gasteiger partial charge in [-0.25, -0.2) is 0 Å². The van der Waals surface area contributed by atoms with Crippen LogP contribution in [0.1, 0.15) is 79.1 Å². The lowest BCUT2D eigenvalue weighted by molar-refractivity contribution is -0.117. The Labute approximate surface area is 175 Å². The van der Waals surface area contributed by atoms with Crippen molar-refractivity contribution in [3.05, 3.63) is 11.1 Å². The molecule has 4 rings (SSSR count). The Hall–Kier alpha value is -0.940. The van der Waals surface area contributed by atoms with Gasteiger partial charge in [-0.05, 0) is 118 Å². The van der Waals surface area contributed by atoms with Gasteiger partial charge >= 0.3 is 0 Å². The zero-order valence-electron chi connectivity index (χ0n) is 17.9. The van der Waals surface area contributed by atoms with Gasteiger partial charge in [0.05, 0.1) is 11.8 Å². The number of hydrogen-bond donors (Lipinski definition) is 3. The number of aliphatic hydroxyl groups is 1. The van der Waals surface area contributed by atoms with Crippen LogP contribution in [0.5, 0.6) is 0 Å². The predicted molar refractivity (Wildman–Crippen MR) is 119 cm³/mol. The van der Waals surface area contributed by atoms with Crippen LogP contribution in [0.15, 0.2) is 16.2 Å². The van der Waals surface area contributed by atoms with E-state index in [-0.39, 0.29) is 16.6 Å². The second-order valence-electron chi connectivity index (χ2n) is 10.6. The highest BCUT2D eigenvalue weighted by Gasteiger charge is 2.59. The topological polar surface area (TPSA) is 70.6 Å². The molecule has 0 aliphatic heterocycles. The third-order valence-electron chi connectivity index (χ3n) is 9.25. The molecule has 4 N–H and O–H groups in total. The van der Waals surface area contributed by atoms with Crippen LogP contribution in [0.4, 0.5) is 0 Å². The van der Waals surface area contributed by atoms with E-state index in [9.17, 15) is 5.11 Å². The number of thiocarbonyl (C=S) groups is 1. The van der Waals surface area contributed by atoms with Crippen LogP contribution in [0.2, 0.25) is 0 Å². The number of allylic oxidation sites excluding steroid dienone is 2. The molecule has 0 amide bonds. The monoisotopic (exact) mass is 403 g/mol. The molecule has 0 radical (unpaired) electrons. The zero-order valence-corrected chi connectivity index (χ0v) is 18.7. The highest BCUT2D eigenvalue weighted by Crippen LogP contribution is 2.67. The van der Waals surface area contributed by atoms with Gasteiger partial charge in [-0.3, -0.25) is 5.43 Å². The summed E-state index contributed by atoms with van der Waals surface area (Å²) in [7, 11) is 0. The zero-order chi connectivity index (χ0) is 20.3. The number of nitrogens with zero attached hydrogens (tertiary/aromatic N) is 1. The second kappa shape index (κ2) is 7.09. The van der Waals surface area contributed by atoms with Crippen molar-refractivity contribution in [2.45, 2.75) is 85.2 Å². The van der Waals surface area contributed by atoms with Crippen LogP contribution < -0.4 is 11.2 Å². The SMILES string of the molecule is CC1=C(/C(C)=N/NC(N)=S)[C@]2(C)CC[C@H]3[C@H](CC[C@H]4C[C@@H](O)CC[C@@]43C)[C@@H]2C1. The second-order valence-corrected chi connectivity index (χ2v) is 11.0. The first-order valence-corrected chi connectivity index (χ1v) is 11.6. The van der Waals surface area contributed by atoms with Gasteiger partial charge in [0.15, 0.2) is 5.11 Å². The molecule has 5 heteroatoms. The van der Waals surface area contributed by atoms with E-state index in [1.807, 2.05) is 0 Å². The summed E-state index contributed by atoms with van der Waals surface area (Å²) in [4.78, 5) is 0. The average molecular weight is 404 g/mol. The van der Waals surface area contributed by atoms with Crippen molar-refractivity contribution in [2.24, 2.45) is 45.3 Å². The maximum atomic E-state index is 10.2. The van der Waals surface area contributed by atoms with E-state index in [0.717, 1.165) is 42.2 Å². The highest BCUT2D eigenvalue weighted by atomic mass is 32.1. The Morgan fingerprint density at radius 2 is 1.93 bits per heavy atom. The number of nitrogens with one attached hydrogen (secondary N) is 1. The third-order valence-corrected chi connectivity index (χ3v) is 9.34. The summed E-state index contributed by atoms with van der Waals surface area (Å²) in [5.41, 5.74) is 13.0. The van der Waals surface area contributed by atoms with E-state index in [0.29, 0.717) is 5.41 Å². The molecule has 0 spiro atoms. The van der Waals surface area contributed by atoms with E-state index in [2.05, 4.69) is 38.2 Å². The summed E-state index contributed by atoms with van der Waals surface area (Å²) >= 11 is 4.94. The molecule has 0 heterocycles. The normalized spacial score (nSPS) is 45.9. The molecule has 4 aliphatic carbocycles. The Morgan fingerprint density at radius 3 is 2.64 bits per heavy atom. The minimum Gasteiger partial charge on any atom is -0.393 e. The fraction of sp³-hybridized carbons (Fsp3) is 0.826.